The van der Waals surface area contributed by atoms with Crippen LogP contribution in [0.3, 0.4) is 0 Å². The van der Waals surface area contributed by atoms with Crippen molar-refractivity contribution in [2.45, 2.75) is 13.3 Å². The second-order valence-corrected chi connectivity index (χ2v) is 7.41. The Hall–Kier alpha value is -3.45. The molecule has 2 aromatic heterocycles. The van der Waals surface area contributed by atoms with Crippen molar-refractivity contribution < 1.29 is 9.18 Å². The molecule has 0 radical (unpaired) electrons. The monoisotopic (exact) mass is 404 g/mol. The molecule has 0 bridgehead atoms. The van der Waals surface area contributed by atoms with Crippen LogP contribution >= 0.6 is 11.3 Å². The number of aromatic nitrogens is 3. The number of halogens is 1. The second-order valence-electron chi connectivity index (χ2n) is 6.42. The molecule has 0 fully saturated rings. The highest BCUT2D eigenvalue weighted by Crippen LogP contribution is 2.28. The molecule has 4 rings (SSSR count). The molecule has 7 heteroatoms. The van der Waals surface area contributed by atoms with E-state index in [1.807, 2.05) is 30.3 Å². The molecular formula is C22H17FN4OS. The largest absolute Gasteiger partial charge is 0.306 e. The van der Waals surface area contributed by atoms with E-state index in [0.29, 0.717) is 33.6 Å². The predicted molar refractivity (Wildman–Crippen MR) is 111 cm³/mol. The lowest BCUT2D eigenvalue weighted by molar-refractivity contribution is 0.102. The van der Waals surface area contributed by atoms with Gasteiger partial charge in [-0.05, 0) is 42.8 Å². The fourth-order valence-corrected chi connectivity index (χ4v) is 3.80. The fourth-order valence-electron chi connectivity index (χ4n) is 2.83. The first kappa shape index (κ1) is 18.9. The van der Waals surface area contributed by atoms with E-state index in [9.17, 15) is 9.18 Å². The van der Waals surface area contributed by atoms with Crippen molar-refractivity contribution in [3.05, 3.63) is 94.6 Å². The van der Waals surface area contributed by atoms with E-state index < -0.39 is 0 Å². The summed E-state index contributed by atoms with van der Waals surface area (Å²) in [4.78, 5) is 26.4. The number of nitrogens with zero attached hydrogens (tertiary/aromatic N) is 3. The van der Waals surface area contributed by atoms with Crippen molar-refractivity contribution >= 4 is 23.1 Å². The van der Waals surface area contributed by atoms with Gasteiger partial charge < -0.3 is 5.32 Å². The average Bonchev–Trinajstić information content (AvgIpc) is 3.11. The number of hydrogen-bond acceptors (Lipinski definition) is 5. The van der Waals surface area contributed by atoms with Crippen LogP contribution in [0.2, 0.25) is 0 Å². The Kier molecular flexibility index (Phi) is 5.39. The van der Waals surface area contributed by atoms with E-state index in [1.54, 1.807) is 31.3 Å². The summed E-state index contributed by atoms with van der Waals surface area (Å²) < 4.78 is 13.1. The zero-order valence-corrected chi connectivity index (χ0v) is 16.4. The Morgan fingerprint density at radius 3 is 2.55 bits per heavy atom. The third-order valence-electron chi connectivity index (χ3n) is 4.25. The molecule has 0 saturated heterocycles. The van der Waals surface area contributed by atoms with Crippen LogP contribution in [0, 0.1) is 12.7 Å². The predicted octanol–water partition coefficient (Wildman–Crippen LogP) is 4.89. The van der Waals surface area contributed by atoms with E-state index >= 15 is 0 Å². The van der Waals surface area contributed by atoms with Gasteiger partial charge in [0.15, 0.2) is 0 Å². The van der Waals surface area contributed by atoms with E-state index in [2.05, 4.69) is 20.3 Å². The molecule has 4 aromatic rings. The molecule has 0 unspecified atom stereocenters. The number of aryl methyl sites for hydroxylation is 1. The third kappa shape index (κ3) is 4.52. The van der Waals surface area contributed by atoms with Crippen molar-refractivity contribution in [3.63, 3.8) is 0 Å². The van der Waals surface area contributed by atoms with Gasteiger partial charge >= 0.3 is 0 Å². The number of thiazole rings is 1. The standard InChI is InChI=1S/C22H17FN4OS/c1-14-20(29-22(25-14)16-7-9-17(23)10-8-16)21(28)27-18-11-12-24-19(26-18)13-15-5-3-2-4-6-15/h2-12H,13H2,1H3,(H,24,26,27,28). The van der Waals surface area contributed by atoms with E-state index in [1.165, 1.54) is 23.5 Å². The van der Waals surface area contributed by atoms with Gasteiger partial charge in [-0.15, -0.1) is 11.3 Å². The van der Waals surface area contributed by atoms with Crippen LogP contribution in [-0.2, 0) is 6.42 Å². The van der Waals surface area contributed by atoms with E-state index in [0.717, 1.165) is 11.1 Å². The molecule has 0 aliphatic rings. The summed E-state index contributed by atoms with van der Waals surface area (Å²) in [5.41, 5.74) is 2.48. The summed E-state index contributed by atoms with van der Waals surface area (Å²) in [5.74, 6) is 0.474. The third-order valence-corrected chi connectivity index (χ3v) is 5.45. The SMILES string of the molecule is Cc1nc(-c2ccc(F)cc2)sc1C(=O)Nc1ccnc(Cc2ccccc2)n1. The molecule has 5 nitrogen and oxygen atoms in total. The molecule has 2 aromatic carbocycles. The average molecular weight is 404 g/mol. The van der Waals surface area contributed by atoms with Crippen LogP contribution in [0.25, 0.3) is 10.6 Å². The fraction of sp³-hybridized carbons (Fsp3) is 0.0909. The molecule has 1 amide bonds. The highest BCUT2D eigenvalue weighted by Gasteiger charge is 2.17. The molecule has 1 N–H and O–H groups in total. The van der Waals surface area contributed by atoms with Gasteiger partial charge in [0, 0.05) is 18.2 Å². The van der Waals surface area contributed by atoms with E-state index in [-0.39, 0.29) is 11.7 Å². The van der Waals surface area contributed by atoms with Crippen LogP contribution < -0.4 is 5.32 Å². The first-order valence-electron chi connectivity index (χ1n) is 8.99. The van der Waals surface area contributed by atoms with Crippen LogP contribution in [0.4, 0.5) is 10.2 Å². The molecule has 144 valence electrons. The van der Waals surface area contributed by atoms with Crippen molar-refractivity contribution in [3.8, 4) is 10.6 Å². The van der Waals surface area contributed by atoms with Crippen molar-refractivity contribution in [2.75, 3.05) is 5.32 Å². The quantitative estimate of drug-likeness (QED) is 0.514. The number of benzene rings is 2. The summed E-state index contributed by atoms with van der Waals surface area (Å²) in [5, 5.41) is 3.49. The number of hydrogen-bond donors (Lipinski definition) is 1. The lowest BCUT2D eigenvalue weighted by Crippen LogP contribution is -2.13. The highest BCUT2D eigenvalue weighted by molar-refractivity contribution is 7.17. The van der Waals surface area contributed by atoms with Gasteiger partial charge in [-0.2, -0.15) is 0 Å². The lowest BCUT2D eigenvalue weighted by atomic mass is 10.1. The summed E-state index contributed by atoms with van der Waals surface area (Å²) in [6.07, 6.45) is 2.21. The topological polar surface area (TPSA) is 67.8 Å². The molecule has 2 heterocycles. The summed E-state index contributed by atoms with van der Waals surface area (Å²) in [7, 11) is 0. The van der Waals surface area contributed by atoms with Crippen molar-refractivity contribution in [1.29, 1.82) is 0 Å². The molecule has 29 heavy (non-hydrogen) atoms. The maximum atomic E-state index is 13.1. The second kappa shape index (κ2) is 8.28. The Morgan fingerprint density at radius 1 is 1.03 bits per heavy atom. The number of rotatable bonds is 5. The van der Waals surface area contributed by atoms with Crippen molar-refractivity contribution in [2.24, 2.45) is 0 Å². The molecule has 0 spiro atoms. The molecule has 0 aliphatic heterocycles. The van der Waals surface area contributed by atoms with Gasteiger partial charge in [0.25, 0.3) is 5.91 Å². The number of amides is 1. The molecular weight excluding hydrogens is 387 g/mol. The minimum Gasteiger partial charge on any atom is -0.306 e. The van der Waals surface area contributed by atoms with Gasteiger partial charge in [0.2, 0.25) is 0 Å². The Bertz CT molecular complexity index is 1140. The van der Waals surface area contributed by atoms with Gasteiger partial charge in [-0.1, -0.05) is 30.3 Å². The molecule has 0 aliphatic carbocycles. The lowest BCUT2D eigenvalue weighted by Gasteiger charge is -2.05. The maximum absolute atomic E-state index is 13.1. The summed E-state index contributed by atoms with van der Waals surface area (Å²) in [6.45, 7) is 1.78. The molecule has 0 saturated carbocycles. The number of nitrogens with one attached hydrogen (secondary N) is 1. The minimum atomic E-state index is -0.310. The molecule has 0 atom stereocenters. The van der Waals surface area contributed by atoms with Gasteiger partial charge in [-0.3, -0.25) is 4.79 Å². The van der Waals surface area contributed by atoms with Crippen molar-refractivity contribution in [1.82, 2.24) is 15.0 Å². The smallest absolute Gasteiger partial charge is 0.268 e. The van der Waals surface area contributed by atoms with Gasteiger partial charge in [0.05, 0.1) is 5.69 Å². The Morgan fingerprint density at radius 2 is 1.79 bits per heavy atom. The van der Waals surface area contributed by atoms with E-state index in [4.69, 9.17) is 0 Å². The zero-order chi connectivity index (χ0) is 20.2. The number of carbonyl (C=O) groups excluding carboxylic acids is 1. The minimum absolute atomic E-state index is 0.280. The Labute approximate surface area is 171 Å². The van der Waals surface area contributed by atoms with Crippen LogP contribution in [0.15, 0.2) is 66.9 Å². The first-order chi connectivity index (χ1) is 14.1. The zero-order valence-electron chi connectivity index (χ0n) is 15.6. The van der Waals surface area contributed by atoms with Crippen LogP contribution in [0.5, 0.6) is 0 Å². The Balaban J connectivity index is 1.51. The number of anilines is 1. The number of carbonyl (C=O) groups is 1. The normalized spacial score (nSPS) is 10.7. The van der Waals surface area contributed by atoms with Gasteiger partial charge in [0.1, 0.15) is 27.3 Å². The van der Waals surface area contributed by atoms with Crippen LogP contribution in [0.1, 0.15) is 26.8 Å². The first-order valence-corrected chi connectivity index (χ1v) is 9.81. The summed E-state index contributed by atoms with van der Waals surface area (Å²) >= 11 is 1.26. The highest BCUT2D eigenvalue weighted by atomic mass is 32.1. The maximum Gasteiger partial charge on any atom is 0.268 e. The van der Waals surface area contributed by atoms with Gasteiger partial charge in [-0.25, -0.2) is 19.3 Å². The summed E-state index contributed by atoms with van der Waals surface area (Å²) in [6, 6.07) is 17.6. The van der Waals surface area contributed by atoms with Crippen LogP contribution in [-0.4, -0.2) is 20.9 Å².